The van der Waals surface area contributed by atoms with Gasteiger partial charge in [-0.3, -0.25) is 4.79 Å². The van der Waals surface area contributed by atoms with Crippen molar-refractivity contribution < 1.29 is 13.7 Å². The molecule has 0 saturated carbocycles. The van der Waals surface area contributed by atoms with Gasteiger partial charge in [-0.05, 0) is 18.4 Å². The van der Waals surface area contributed by atoms with Crippen LogP contribution in [-0.2, 0) is 11.2 Å². The van der Waals surface area contributed by atoms with E-state index < -0.39 is 0 Å². The van der Waals surface area contributed by atoms with Gasteiger partial charge < -0.3 is 14.3 Å². The fourth-order valence-electron chi connectivity index (χ4n) is 1.71. The monoisotopic (exact) mass is 304 g/mol. The van der Waals surface area contributed by atoms with E-state index in [0.29, 0.717) is 29.8 Å². The summed E-state index contributed by atoms with van der Waals surface area (Å²) < 4.78 is 10.4. The summed E-state index contributed by atoms with van der Waals surface area (Å²) in [5, 5.41) is 18.1. The van der Waals surface area contributed by atoms with Crippen molar-refractivity contribution in [3.8, 4) is 11.5 Å². The van der Waals surface area contributed by atoms with Crippen molar-refractivity contribution in [2.24, 2.45) is 0 Å². The molecule has 1 amide bonds. The lowest BCUT2D eigenvalue weighted by atomic mass is 10.3. The van der Waals surface area contributed by atoms with Gasteiger partial charge in [0.05, 0.1) is 0 Å². The van der Waals surface area contributed by atoms with Crippen LogP contribution in [0.1, 0.15) is 18.1 Å². The molecular formula is C13H12N4O3S. The van der Waals surface area contributed by atoms with Gasteiger partial charge in [-0.2, -0.15) is 11.3 Å². The zero-order valence-electron chi connectivity index (χ0n) is 11.2. The van der Waals surface area contributed by atoms with E-state index in [1.807, 2.05) is 16.8 Å². The van der Waals surface area contributed by atoms with Gasteiger partial charge in [-0.25, -0.2) is 0 Å². The van der Waals surface area contributed by atoms with Gasteiger partial charge in [0.1, 0.15) is 5.76 Å². The number of carbonyl (C=O) groups excluding carboxylic acids is 1. The van der Waals surface area contributed by atoms with Crippen molar-refractivity contribution in [2.75, 3.05) is 5.32 Å². The molecule has 0 atom stereocenters. The molecule has 0 aromatic carbocycles. The van der Waals surface area contributed by atoms with Crippen LogP contribution in [0.15, 0.2) is 31.8 Å². The molecule has 3 rings (SSSR count). The topological polar surface area (TPSA) is 94.1 Å². The molecule has 108 valence electrons. The van der Waals surface area contributed by atoms with Crippen LogP contribution in [0.3, 0.4) is 0 Å². The second-order valence-corrected chi connectivity index (χ2v) is 5.16. The predicted octanol–water partition coefficient (Wildman–Crippen LogP) is 2.67. The van der Waals surface area contributed by atoms with E-state index in [1.54, 1.807) is 24.3 Å². The lowest BCUT2D eigenvalue weighted by Gasteiger charge is -1.98. The first-order chi connectivity index (χ1) is 10.2. The fourth-order valence-corrected chi connectivity index (χ4v) is 2.34. The summed E-state index contributed by atoms with van der Waals surface area (Å²) >= 11 is 1.56. The normalized spacial score (nSPS) is 10.7. The van der Waals surface area contributed by atoms with E-state index in [9.17, 15) is 4.79 Å². The van der Waals surface area contributed by atoms with Gasteiger partial charge >= 0.3 is 0 Å². The maximum Gasteiger partial charge on any atom is 0.248 e. The maximum absolute atomic E-state index is 11.7. The van der Waals surface area contributed by atoms with Crippen molar-refractivity contribution in [3.05, 3.63) is 34.5 Å². The maximum atomic E-state index is 11.7. The van der Waals surface area contributed by atoms with Crippen molar-refractivity contribution in [1.82, 2.24) is 15.4 Å². The Morgan fingerprint density at radius 2 is 2.33 bits per heavy atom. The molecule has 0 saturated heterocycles. The van der Waals surface area contributed by atoms with Gasteiger partial charge in [0, 0.05) is 29.9 Å². The van der Waals surface area contributed by atoms with Crippen LogP contribution in [0.2, 0.25) is 0 Å². The molecule has 1 N–H and O–H groups in total. The first-order valence-corrected chi connectivity index (χ1v) is 7.23. The minimum absolute atomic E-state index is 0.182. The Morgan fingerprint density at radius 1 is 1.43 bits per heavy atom. The van der Waals surface area contributed by atoms with E-state index in [0.717, 1.165) is 5.56 Å². The number of hydrogen-bond acceptors (Lipinski definition) is 7. The Morgan fingerprint density at radius 3 is 3.05 bits per heavy atom. The SMILES string of the molecule is Cc1cc(NC(=O)CCc2nnc(-c3ccsc3)o2)no1. The molecule has 0 radical (unpaired) electrons. The van der Waals surface area contributed by atoms with E-state index >= 15 is 0 Å². The van der Waals surface area contributed by atoms with Crippen LogP contribution in [0.25, 0.3) is 11.5 Å². The van der Waals surface area contributed by atoms with Gasteiger partial charge in [-0.1, -0.05) is 5.16 Å². The number of thiophene rings is 1. The molecule has 0 unspecified atom stereocenters. The standard InChI is InChI=1S/C13H12N4O3S/c1-8-6-10(17-20-8)14-11(18)2-3-12-15-16-13(19-12)9-4-5-21-7-9/h4-7H,2-3H2,1H3,(H,14,17,18). The summed E-state index contributed by atoms with van der Waals surface area (Å²) in [7, 11) is 0. The highest BCUT2D eigenvalue weighted by Gasteiger charge is 2.11. The minimum Gasteiger partial charge on any atom is -0.421 e. The number of aromatic nitrogens is 3. The van der Waals surface area contributed by atoms with Crippen LogP contribution in [-0.4, -0.2) is 21.3 Å². The van der Waals surface area contributed by atoms with Crippen molar-refractivity contribution in [2.45, 2.75) is 19.8 Å². The molecule has 0 fully saturated rings. The number of aryl methyl sites for hydroxylation is 2. The highest BCUT2D eigenvalue weighted by atomic mass is 32.1. The third-order valence-electron chi connectivity index (χ3n) is 2.70. The molecule has 0 bridgehead atoms. The minimum atomic E-state index is -0.182. The molecule has 7 nitrogen and oxygen atoms in total. The molecule has 21 heavy (non-hydrogen) atoms. The van der Waals surface area contributed by atoms with E-state index in [1.165, 1.54) is 0 Å². The van der Waals surface area contributed by atoms with Crippen LogP contribution in [0.5, 0.6) is 0 Å². The summed E-state index contributed by atoms with van der Waals surface area (Å²) in [5.74, 6) is 1.77. The average molecular weight is 304 g/mol. The Labute approximate surface area is 124 Å². The third kappa shape index (κ3) is 3.34. The molecule has 3 aromatic rings. The number of amides is 1. The molecule has 0 spiro atoms. The van der Waals surface area contributed by atoms with Crippen LogP contribution in [0, 0.1) is 6.92 Å². The Hall–Kier alpha value is -2.48. The predicted molar refractivity (Wildman–Crippen MR) is 75.8 cm³/mol. The third-order valence-corrected chi connectivity index (χ3v) is 3.38. The fraction of sp³-hybridized carbons (Fsp3) is 0.231. The number of anilines is 1. The van der Waals surface area contributed by atoms with Crippen molar-refractivity contribution >= 4 is 23.1 Å². The largest absolute Gasteiger partial charge is 0.421 e. The molecule has 3 heterocycles. The van der Waals surface area contributed by atoms with Gasteiger partial charge in [-0.15, -0.1) is 10.2 Å². The summed E-state index contributed by atoms with van der Waals surface area (Å²) in [6.45, 7) is 1.76. The van der Waals surface area contributed by atoms with Crippen LogP contribution < -0.4 is 5.32 Å². The molecule has 0 aliphatic heterocycles. The Balaban J connectivity index is 1.54. The van der Waals surface area contributed by atoms with E-state index in [2.05, 4.69) is 20.7 Å². The molecule has 3 aromatic heterocycles. The van der Waals surface area contributed by atoms with Gasteiger partial charge in [0.2, 0.25) is 17.7 Å². The summed E-state index contributed by atoms with van der Waals surface area (Å²) in [4.78, 5) is 11.7. The number of hydrogen-bond donors (Lipinski definition) is 1. The lowest BCUT2D eigenvalue weighted by molar-refractivity contribution is -0.116. The Bertz CT molecular complexity index is 732. The van der Waals surface area contributed by atoms with Crippen molar-refractivity contribution in [3.63, 3.8) is 0 Å². The first-order valence-electron chi connectivity index (χ1n) is 6.29. The number of nitrogens with zero attached hydrogens (tertiary/aromatic N) is 3. The second kappa shape index (κ2) is 5.88. The zero-order valence-corrected chi connectivity index (χ0v) is 12.0. The summed E-state index contributed by atoms with van der Waals surface area (Å²) in [6, 6.07) is 3.56. The van der Waals surface area contributed by atoms with Crippen molar-refractivity contribution in [1.29, 1.82) is 0 Å². The van der Waals surface area contributed by atoms with Crippen LogP contribution >= 0.6 is 11.3 Å². The van der Waals surface area contributed by atoms with E-state index in [4.69, 9.17) is 8.94 Å². The summed E-state index contributed by atoms with van der Waals surface area (Å²) in [5.41, 5.74) is 0.890. The molecule has 8 heteroatoms. The second-order valence-electron chi connectivity index (χ2n) is 4.38. The van der Waals surface area contributed by atoms with E-state index in [-0.39, 0.29) is 12.3 Å². The average Bonchev–Trinajstić information content (AvgIpc) is 3.17. The smallest absolute Gasteiger partial charge is 0.248 e. The zero-order chi connectivity index (χ0) is 14.7. The summed E-state index contributed by atoms with van der Waals surface area (Å²) in [6.07, 6.45) is 0.608. The highest BCUT2D eigenvalue weighted by molar-refractivity contribution is 7.08. The van der Waals surface area contributed by atoms with Gasteiger partial charge in [0.25, 0.3) is 0 Å². The Kier molecular flexibility index (Phi) is 3.78. The molecule has 0 aliphatic rings. The van der Waals surface area contributed by atoms with Gasteiger partial charge in [0.15, 0.2) is 5.82 Å². The molecule has 0 aliphatic carbocycles. The lowest BCUT2D eigenvalue weighted by Crippen LogP contribution is -2.12. The number of carbonyl (C=O) groups is 1. The highest BCUT2D eigenvalue weighted by Crippen LogP contribution is 2.20. The number of nitrogens with one attached hydrogen (secondary N) is 1. The molecular weight excluding hydrogens is 292 g/mol. The number of rotatable bonds is 5. The quantitative estimate of drug-likeness (QED) is 0.778. The van der Waals surface area contributed by atoms with Crippen LogP contribution in [0.4, 0.5) is 5.82 Å². The first kappa shape index (κ1) is 13.5.